The van der Waals surface area contributed by atoms with Crippen LogP contribution in [0.1, 0.15) is 35.6 Å². The van der Waals surface area contributed by atoms with Crippen LogP contribution in [0.5, 0.6) is 0 Å². The minimum Gasteiger partial charge on any atom is -0.348 e. The number of piperidine rings is 1. The van der Waals surface area contributed by atoms with Gasteiger partial charge in [-0.05, 0) is 24.1 Å². The number of hydrogen-bond donors (Lipinski definition) is 2. The summed E-state index contributed by atoms with van der Waals surface area (Å²) in [7, 11) is 1.76. The molecule has 0 saturated carbocycles. The molecule has 0 aliphatic carbocycles. The van der Waals surface area contributed by atoms with Crippen LogP contribution in [0.2, 0.25) is 0 Å². The second kappa shape index (κ2) is 7.06. The van der Waals surface area contributed by atoms with Crippen LogP contribution in [0.15, 0.2) is 30.6 Å². The lowest BCUT2D eigenvalue weighted by molar-refractivity contribution is -0.140. The van der Waals surface area contributed by atoms with Crippen molar-refractivity contribution in [3.63, 3.8) is 0 Å². The molecule has 1 amide bonds. The van der Waals surface area contributed by atoms with Gasteiger partial charge in [0, 0.05) is 37.8 Å². The summed E-state index contributed by atoms with van der Waals surface area (Å²) in [6, 6.07) is 2.45. The predicted octanol–water partition coefficient (Wildman–Crippen LogP) is 2.69. The Hall–Kier alpha value is -2.42. The van der Waals surface area contributed by atoms with E-state index in [9.17, 15) is 22.4 Å². The Labute approximate surface area is 147 Å². The average Bonchev–Trinajstić information content (AvgIpc) is 3.00. The highest BCUT2D eigenvalue weighted by Gasteiger charge is 2.34. The minimum absolute atomic E-state index is 0.0851. The normalized spacial score (nSPS) is 20.9. The van der Waals surface area contributed by atoms with Crippen molar-refractivity contribution in [2.24, 2.45) is 7.05 Å². The Bertz CT molecular complexity index is 802. The number of nitrogens with one attached hydrogen (secondary N) is 2. The molecule has 0 radical (unpaired) electrons. The molecule has 1 saturated heterocycles. The molecule has 2 heterocycles. The number of hydrogen-bond acceptors (Lipinski definition) is 3. The summed E-state index contributed by atoms with van der Waals surface area (Å²) in [4.78, 5) is 11.7. The number of amides is 1. The topological polar surface area (TPSA) is 59.0 Å². The van der Waals surface area contributed by atoms with E-state index in [-0.39, 0.29) is 24.5 Å². The lowest BCUT2D eigenvalue weighted by Gasteiger charge is -2.32. The van der Waals surface area contributed by atoms with Gasteiger partial charge in [-0.2, -0.15) is 18.3 Å². The highest BCUT2D eigenvalue weighted by atomic mass is 19.4. The van der Waals surface area contributed by atoms with E-state index >= 15 is 0 Å². The first-order valence-electron chi connectivity index (χ1n) is 8.11. The number of benzene rings is 1. The van der Waals surface area contributed by atoms with Gasteiger partial charge < -0.3 is 10.6 Å². The second-order valence-electron chi connectivity index (χ2n) is 6.33. The Morgan fingerprint density at radius 3 is 2.81 bits per heavy atom. The molecule has 2 atom stereocenters. The lowest BCUT2D eigenvalue weighted by Crippen LogP contribution is -2.48. The van der Waals surface area contributed by atoms with Crippen LogP contribution in [0.3, 0.4) is 0 Å². The van der Waals surface area contributed by atoms with Crippen LogP contribution in [0.4, 0.5) is 17.6 Å². The quantitative estimate of drug-likeness (QED) is 0.814. The van der Waals surface area contributed by atoms with Gasteiger partial charge in [-0.1, -0.05) is 6.07 Å². The monoisotopic (exact) mass is 370 g/mol. The zero-order chi connectivity index (χ0) is 18.9. The fourth-order valence-corrected chi connectivity index (χ4v) is 3.08. The standard InChI is InChI=1S/C17H18F4N4O/c1-25-9-11(8-23-25)16-14(4-5-15(26)24-16)22-7-10-2-3-13(18)12(6-10)17(19,20)21/h2-3,6,8-9,14,16,22H,4-5,7H2,1H3,(H,24,26)/t14-,16+/m1/s1. The van der Waals surface area contributed by atoms with E-state index in [1.54, 1.807) is 24.1 Å². The molecule has 1 fully saturated rings. The Morgan fingerprint density at radius 2 is 2.15 bits per heavy atom. The maximum atomic E-state index is 13.4. The zero-order valence-electron chi connectivity index (χ0n) is 14.0. The summed E-state index contributed by atoms with van der Waals surface area (Å²) in [5.74, 6) is -1.38. The highest BCUT2D eigenvalue weighted by Crippen LogP contribution is 2.32. The predicted molar refractivity (Wildman–Crippen MR) is 85.4 cm³/mol. The fraction of sp³-hybridized carbons (Fsp3) is 0.412. The molecule has 0 bridgehead atoms. The largest absolute Gasteiger partial charge is 0.419 e. The van der Waals surface area contributed by atoms with Crippen molar-refractivity contribution in [3.8, 4) is 0 Å². The molecule has 1 aromatic heterocycles. The van der Waals surface area contributed by atoms with Crippen molar-refractivity contribution < 1.29 is 22.4 Å². The number of alkyl halides is 3. The van der Waals surface area contributed by atoms with E-state index in [4.69, 9.17) is 0 Å². The molecular weight excluding hydrogens is 352 g/mol. The van der Waals surface area contributed by atoms with Crippen LogP contribution < -0.4 is 10.6 Å². The van der Waals surface area contributed by atoms with Gasteiger partial charge in [0.15, 0.2) is 0 Å². The van der Waals surface area contributed by atoms with Crippen LogP contribution in [0.25, 0.3) is 0 Å². The van der Waals surface area contributed by atoms with Crippen molar-refractivity contribution >= 4 is 5.91 Å². The number of halogens is 4. The van der Waals surface area contributed by atoms with Crippen molar-refractivity contribution in [3.05, 3.63) is 53.1 Å². The van der Waals surface area contributed by atoms with Gasteiger partial charge in [-0.25, -0.2) is 4.39 Å². The zero-order valence-corrected chi connectivity index (χ0v) is 14.0. The van der Waals surface area contributed by atoms with E-state index in [2.05, 4.69) is 15.7 Å². The molecule has 1 aliphatic heterocycles. The third-order valence-electron chi connectivity index (χ3n) is 4.39. The van der Waals surface area contributed by atoms with Crippen LogP contribution in [0, 0.1) is 5.82 Å². The molecule has 2 aromatic rings. The summed E-state index contributed by atoms with van der Waals surface area (Å²) < 4.78 is 53.5. The number of carbonyl (C=O) groups is 1. The minimum atomic E-state index is -4.74. The number of carbonyl (C=O) groups excluding carboxylic acids is 1. The average molecular weight is 370 g/mol. The van der Waals surface area contributed by atoms with E-state index < -0.39 is 17.6 Å². The van der Waals surface area contributed by atoms with Gasteiger partial charge in [0.2, 0.25) is 5.91 Å². The molecule has 9 heteroatoms. The second-order valence-corrected chi connectivity index (χ2v) is 6.33. The summed E-state index contributed by atoms with van der Waals surface area (Å²) in [6.07, 6.45) is -0.448. The molecule has 1 aliphatic rings. The summed E-state index contributed by atoms with van der Waals surface area (Å²) in [6.45, 7) is 0.126. The number of aryl methyl sites for hydroxylation is 1. The van der Waals surface area contributed by atoms with Crippen molar-refractivity contribution in [1.82, 2.24) is 20.4 Å². The molecular formula is C17H18F4N4O. The SMILES string of the molecule is Cn1cc([C@@H]2NC(=O)CC[C@H]2NCc2ccc(F)c(C(F)(F)F)c2)cn1. The molecule has 26 heavy (non-hydrogen) atoms. The highest BCUT2D eigenvalue weighted by molar-refractivity contribution is 5.77. The van der Waals surface area contributed by atoms with E-state index in [1.807, 2.05) is 0 Å². The third-order valence-corrected chi connectivity index (χ3v) is 4.39. The van der Waals surface area contributed by atoms with Gasteiger partial charge in [-0.15, -0.1) is 0 Å². The smallest absolute Gasteiger partial charge is 0.348 e. The third kappa shape index (κ3) is 4.04. The van der Waals surface area contributed by atoms with Crippen LogP contribution >= 0.6 is 0 Å². The summed E-state index contributed by atoms with van der Waals surface area (Å²) in [5.41, 5.74) is -0.147. The van der Waals surface area contributed by atoms with Crippen LogP contribution in [-0.4, -0.2) is 21.7 Å². The van der Waals surface area contributed by atoms with Gasteiger partial charge in [0.05, 0.1) is 17.8 Å². The van der Waals surface area contributed by atoms with Gasteiger partial charge in [-0.3, -0.25) is 9.48 Å². The van der Waals surface area contributed by atoms with Crippen molar-refractivity contribution in [2.75, 3.05) is 0 Å². The van der Waals surface area contributed by atoms with Gasteiger partial charge >= 0.3 is 6.18 Å². The lowest BCUT2D eigenvalue weighted by atomic mass is 9.93. The maximum Gasteiger partial charge on any atom is 0.419 e. The molecule has 1 aromatic carbocycles. The summed E-state index contributed by atoms with van der Waals surface area (Å²) in [5, 5.41) is 10.1. The van der Waals surface area contributed by atoms with Crippen molar-refractivity contribution in [1.29, 1.82) is 0 Å². The fourth-order valence-electron chi connectivity index (χ4n) is 3.08. The Kier molecular flexibility index (Phi) is 4.99. The molecule has 2 N–H and O–H groups in total. The number of nitrogens with zero attached hydrogens (tertiary/aromatic N) is 2. The number of aromatic nitrogens is 2. The molecule has 3 rings (SSSR count). The molecule has 5 nitrogen and oxygen atoms in total. The first-order chi connectivity index (χ1) is 12.2. The summed E-state index contributed by atoms with van der Waals surface area (Å²) >= 11 is 0. The first kappa shape index (κ1) is 18.4. The van der Waals surface area contributed by atoms with Crippen LogP contribution in [-0.2, 0) is 24.6 Å². The van der Waals surface area contributed by atoms with Crippen molar-refractivity contribution in [2.45, 2.75) is 37.6 Å². The first-order valence-corrected chi connectivity index (χ1v) is 8.11. The molecule has 0 spiro atoms. The number of rotatable bonds is 4. The molecule has 140 valence electrons. The molecule has 0 unspecified atom stereocenters. The van der Waals surface area contributed by atoms with E-state index in [1.165, 1.54) is 6.07 Å². The van der Waals surface area contributed by atoms with E-state index in [0.717, 1.165) is 17.7 Å². The van der Waals surface area contributed by atoms with E-state index in [0.29, 0.717) is 18.4 Å². The maximum absolute atomic E-state index is 13.4. The van der Waals surface area contributed by atoms with Gasteiger partial charge in [0.25, 0.3) is 0 Å². The Balaban J connectivity index is 1.74. The Morgan fingerprint density at radius 1 is 1.38 bits per heavy atom. The van der Waals surface area contributed by atoms with Gasteiger partial charge in [0.1, 0.15) is 5.82 Å².